The number of benzene rings is 1. The molecule has 26 heavy (non-hydrogen) atoms. The van der Waals surface area contributed by atoms with Gasteiger partial charge in [0, 0.05) is 24.6 Å². The van der Waals surface area contributed by atoms with Crippen LogP contribution in [0.5, 0.6) is 0 Å². The number of aromatic nitrogens is 2. The summed E-state index contributed by atoms with van der Waals surface area (Å²) >= 11 is 0. The van der Waals surface area contributed by atoms with E-state index < -0.39 is 0 Å². The Kier molecular flexibility index (Phi) is 4.73. The summed E-state index contributed by atoms with van der Waals surface area (Å²) in [5.41, 5.74) is 2.45. The van der Waals surface area contributed by atoms with Crippen LogP contribution < -0.4 is 10.2 Å². The first-order valence-electron chi connectivity index (χ1n) is 9.42. The molecule has 0 spiro atoms. The van der Waals surface area contributed by atoms with E-state index >= 15 is 0 Å². The van der Waals surface area contributed by atoms with Gasteiger partial charge in [0.25, 0.3) is 5.91 Å². The summed E-state index contributed by atoms with van der Waals surface area (Å²) < 4.78 is 0. The molecule has 6 heteroatoms. The summed E-state index contributed by atoms with van der Waals surface area (Å²) in [6.45, 7) is 0.505. The molecule has 1 saturated carbocycles. The Labute approximate surface area is 153 Å². The van der Waals surface area contributed by atoms with E-state index in [4.69, 9.17) is 0 Å². The largest absolute Gasteiger partial charge is 0.347 e. The van der Waals surface area contributed by atoms with Gasteiger partial charge in [0.1, 0.15) is 0 Å². The minimum absolute atomic E-state index is 0.0428. The molecular formula is C20H24N4O2. The van der Waals surface area contributed by atoms with Crippen molar-refractivity contribution in [2.45, 2.75) is 50.5 Å². The van der Waals surface area contributed by atoms with E-state index in [0.717, 1.165) is 24.2 Å². The lowest BCUT2D eigenvalue weighted by Crippen LogP contribution is -2.37. The lowest BCUT2D eigenvalue weighted by Gasteiger charge is -2.21. The van der Waals surface area contributed by atoms with Crippen molar-refractivity contribution in [2.24, 2.45) is 0 Å². The molecule has 1 aliphatic carbocycles. The first kappa shape index (κ1) is 16.8. The van der Waals surface area contributed by atoms with Crippen molar-refractivity contribution >= 4 is 17.5 Å². The van der Waals surface area contributed by atoms with Gasteiger partial charge in [-0.3, -0.25) is 14.7 Å². The Balaban J connectivity index is 1.43. The second kappa shape index (κ2) is 7.32. The van der Waals surface area contributed by atoms with Gasteiger partial charge in [-0.1, -0.05) is 37.5 Å². The van der Waals surface area contributed by atoms with Crippen LogP contribution in [0, 0.1) is 0 Å². The zero-order valence-electron chi connectivity index (χ0n) is 14.8. The second-order valence-corrected chi connectivity index (χ2v) is 7.25. The molecule has 1 saturated heterocycles. The van der Waals surface area contributed by atoms with Crippen LogP contribution in [0.15, 0.2) is 36.5 Å². The average molecular weight is 352 g/mol. The molecule has 1 aromatic heterocycles. The molecule has 2 aromatic rings. The highest BCUT2D eigenvalue weighted by Gasteiger charge is 2.32. The van der Waals surface area contributed by atoms with Gasteiger partial charge < -0.3 is 10.2 Å². The lowest BCUT2D eigenvalue weighted by molar-refractivity contribution is -0.117. The molecule has 2 N–H and O–H groups in total. The number of hydrogen-bond acceptors (Lipinski definition) is 3. The number of nitrogens with one attached hydrogen (secondary N) is 2. The first-order chi connectivity index (χ1) is 12.7. The van der Waals surface area contributed by atoms with Crippen molar-refractivity contribution in [2.75, 3.05) is 11.4 Å². The third-order valence-corrected chi connectivity index (χ3v) is 5.45. The van der Waals surface area contributed by atoms with Gasteiger partial charge in [0.2, 0.25) is 5.91 Å². The van der Waals surface area contributed by atoms with Crippen LogP contribution in [-0.2, 0) is 4.79 Å². The highest BCUT2D eigenvalue weighted by Crippen LogP contribution is 2.33. The molecule has 2 amide bonds. The molecule has 2 aliphatic rings. The number of anilines is 1. The number of carbonyl (C=O) groups excluding carboxylic acids is 2. The van der Waals surface area contributed by atoms with E-state index in [1.54, 1.807) is 11.1 Å². The Bertz CT molecular complexity index is 780. The predicted molar refractivity (Wildman–Crippen MR) is 99.1 cm³/mol. The van der Waals surface area contributed by atoms with Crippen molar-refractivity contribution in [3.05, 3.63) is 47.8 Å². The Morgan fingerprint density at radius 3 is 2.69 bits per heavy atom. The van der Waals surface area contributed by atoms with Gasteiger partial charge in [0.15, 0.2) is 0 Å². The summed E-state index contributed by atoms with van der Waals surface area (Å²) in [7, 11) is 0. The van der Waals surface area contributed by atoms with Crippen molar-refractivity contribution in [1.82, 2.24) is 15.5 Å². The molecule has 2 heterocycles. The number of carbonyl (C=O) groups is 2. The summed E-state index contributed by atoms with van der Waals surface area (Å²) in [6, 6.07) is 9.41. The van der Waals surface area contributed by atoms with Crippen molar-refractivity contribution in [1.29, 1.82) is 0 Å². The van der Waals surface area contributed by atoms with Gasteiger partial charge in [-0.15, -0.1) is 0 Å². The van der Waals surface area contributed by atoms with Gasteiger partial charge in [-0.25, -0.2) is 0 Å². The van der Waals surface area contributed by atoms with Crippen LogP contribution in [0.3, 0.4) is 0 Å². The molecule has 0 bridgehead atoms. The third-order valence-electron chi connectivity index (χ3n) is 5.45. The Morgan fingerprint density at radius 2 is 1.92 bits per heavy atom. The molecule has 4 rings (SSSR count). The SMILES string of the molecule is O=C(NC1CC(=O)N(c2ccccc2)C1)c1cn[nH]c1C1CCCCC1. The minimum Gasteiger partial charge on any atom is -0.347 e. The van der Waals surface area contributed by atoms with Gasteiger partial charge in [0.05, 0.1) is 23.5 Å². The van der Waals surface area contributed by atoms with E-state index in [1.807, 2.05) is 30.3 Å². The smallest absolute Gasteiger partial charge is 0.255 e. The molecule has 0 radical (unpaired) electrons. The molecule has 2 fully saturated rings. The van der Waals surface area contributed by atoms with Crippen LogP contribution in [0.1, 0.15) is 60.5 Å². The molecule has 1 unspecified atom stereocenters. The first-order valence-corrected chi connectivity index (χ1v) is 9.42. The third kappa shape index (κ3) is 3.36. The van der Waals surface area contributed by atoms with Crippen LogP contribution in [0.2, 0.25) is 0 Å². The fraction of sp³-hybridized carbons (Fsp3) is 0.450. The van der Waals surface area contributed by atoms with Crippen molar-refractivity contribution < 1.29 is 9.59 Å². The van der Waals surface area contributed by atoms with Crippen LogP contribution >= 0.6 is 0 Å². The maximum atomic E-state index is 12.8. The van der Waals surface area contributed by atoms with E-state index in [9.17, 15) is 9.59 Å². The summed E-state index contributed by atoms with van der Waals surface area (Å²) in [6.07, 6.45) is 7.83. The fourth-order valence-electron chi connectivity index (χ4n) is 4.10. The number of amides is 2. The number of aromatic amines is 1. The van der Waals surface area contributed by atoms with Gasteiger partial charge in [-0.2, -0.15) is 5.10 Å². The van der Waals surface area contributed by atoms with Crippen molar-refractivity contribution in [3.63, 3.8) is 0 Å². The van der Waals surface area contributed by atoms with Crippen molar-refractivity contribution in [3.8, 4) is 0 Å². The average Bonchev–Trinajstić information content (AvgIpc) is 3.30. The number of nitrogens with zero attached hydrogens (tertiary/aromatic N) is 2. The molecule has 1 aromatic carbocycles. The van der Waals surface area contributed by atoms with E-state index in [1.165, 1.54) is 19.3 Å². The highest BCUT2D eigenvalue weighted by molar-refractivity contribution is 5.99. The standard InChI is InChI=1S/C20H24N4O2/c25-18-11-15(13-24(18)16-9-5-2-6-10-16)22-20(26)17-12-21-23-19(17)14-7-3-1-4-8-14/h2,5-6,9-10,12,14-15H,1,3-4,7-8,11,13H2,(H,21,23)(H,22,26). The number of H-pyrrole nitrogens is 1. The van der Waals surface area contributed by atoms with E-state index in [2.05, 4.69) is 15.5 Å². The maximum Gasteiger partial charge on any atom is 0.255 e. The minimum atomic E-state index is -0.177. The molecule has 136 valence electrons. The number of hydrogen-bond donors (Lipinski definition) is 2. The van der Waals surface area contributed by atoms with Crippen LogP contribution in [0.25, 0.3) is 0 Å². The normalized spacial score (nSPS) is 21.2. The molecule has 1 aliphatic heterocycles. The van der Waals surface area contributed by atoms with Gasteiger partial charge >= 0.3 is 0 Å². The molecule has 1 atom stereocenters. The summed E-state index contributed by atoms with van der Waals surface area (Å²) in [4.78, 5) is 26.8. The fourth-order valence-corrected chi connectivity index (χ4v) is 4.10. The number of para-hydroxylation sites is 1. The summed E-state index contributed by atoms with van der Waals surface area (Å²) in [5.74, 6) is 0.297. The van der Waals surface area contributed by atoms with Crippen LogP contribution in [0.4, 0.5) is 5.69 Å². The quantitative estimate of drug-likeness (QED) is 0.888. The predicted octanol–water partition coefficient (Wildman–Crippen LogP) is 2.99. The Morgan fingerprint density at radius 1 is 1.15 bits per heavy atom. The lowest BCUT2D eigenvalue weighted by atomic mass is 9.85. The van der Waals surface area contributed by atoms with E-state index in [-0.39, 0.29) is 17.9 Å². The highest BCUT2D eigenvalue weighted by atomic mass is 16.2. The van der Waals surface area contributed by atoms with E-state index in [0.29, 0.717) is 24.4 Å². The zero-order valence-corrected chi connectivity index (χ0v) is 14.8. The molecule has 6 nitrogen and oxygen atoms in total. The number of rotatable bonds is 4. The monoisotopic (exact) mass is 352 g/mol. The Hall–Kier alpha value is -2.63. The topological polar surface area (TPSA) is 78.1 Å². The van der Waals surface area contributed by atoms with Crippen LogP contribution in [-0.4, -0.2) is 34.6 Å². The second-order valence-electron chi connectivity index (χ2n) is 7.25. The maximum absolute atomic E-state index is 12.8. The van der Waals surface area contributed by atoms with Gasteiger partial charge in [-0.05, 0) is 25.0 Å². The molecular weight excluding hydrogens is 328 g/mol. The zero-order chi connectivity index (χ0) is 17.9. The summed E-state index contributed by atoms with van der Waals surface area (Å²) in [5, 5.41) is 10.2.